The van der Waals surface area contributed by atoms with Crippen molar-refractivity contribution in [1.29, 1.82) is 0 Å². The molecule has 0 radical (unpaired) electrons. The summed E-state index contributed by atoms with van der Waals surface area (Å²) in [4.78, 5) is 15.0. The molecule has 0 aliphatic heterocycles. The van der Waals surface area contributed by atoms with Crippen molar-refractivity contribution in [3.05, 3.63) is 30.1 Å². The number of carbonyl (C=O) groups excluding carboxylic acids is 1. The highest BCUT2D eigenvalue weighted by Crippen LogP contribution is 2.17. The summed E-state index contributed by atoms with van der Waals surface area (Å²) in [6, 6.07) is 2.03. The summed E-state index contributed by atoms with van der Waals surface area (Å²) in [5.41, 5.74) is 0.713. The molecule has 2 rings (SSSR count). The third-order valence-electron chi connectivity index (χ3n) is 2.26. The van der Waals surface area contributed by atoms with Gasteiger partial charge in [-0.3, -0.25) is 4.79 Å². The van der Waals surface area contributed by atoms with Crippen LogP contribution in [0.5, 0.6) is 0 Å². The topological polar surface area (TPSA) is 46.9 Å². The molecule has 0 saturated carbocycles. The van der Waals surface area contributed by atoms with Gasteiger partial charge in [0.05, 0.1) is 17.4 Å². The van der Waals surface area contributed by atoms with Crippen LogP contribution in [0.15, 0.2) is 18.5 Å². The van der Waals surface area contributed by atoms with E-state index in [0.717, 1.165) is 12.1 Å². The highest BCUT2D eigenvalue weighted by molar-refractivity contribution is 5.80. The summed E-state index contributed by atoms with van der Waals surface area (Å²) in [5, 5.41) is 2.44. The maximum absolute atomic E-state index is 13.0. The summed E-state index contributed by atoms with van der Waals surface area (Å²) >= 11 is 0. The second-order valence-corrected chi connectivity index (χ2v) is 3.30. The van der Waals surface area contributed by atoms with Gasteiger partial charge in [-0.05, 0) is 0 Å². The minimum absolute atomic E-state index is 0.0259. The molecular weight excluding hydrogens is 216 g/mol. The van der Waals surface area contributed by atoms with E-state index < -0.39 is 11.6 Å². The maximum Gasteiger partial charge on any atom is 0.239 e. The second-order valence-electron chi connectivity index (χ2n) is 3.30. The Morgan fingerprint density at radius 1 is 1.44 bits per heavy atom. The van der Waals surface area contributed by atoms with Crippen molar-refractivity contribution < 1.29 is 13.6 Å². The van der Waals surface area contributed by atoms with Crippen molar-refractivity contribution >= 4 is 16.9 Å². The number of likely N-dealkylation sites (N-methyl/N-ethyl adjacent to an activating group) is 1. The number of nitrogens with zero attached hydrogens (tertiary/aromatic N) is 2. The van der Waals surface area contributed by atoms with Crippen LogP contribution in [0.3, 0.4) is 0 Å². The number of fused-ring (bicyclic) bond motifs is 1. The number of rotatable bonds is 2. The molecule has 0 saturated heterocycles. The average molecular weight is 225 g/mol. The van der Waals surface area contributed by atoms with E-state index in [9.17, 15) is 13.6 Å². The van der Waals surface area contributed by atoms with Crippen molar-refractivity contribution in [2.75, 3.05) is 7.05 Å². The lowest BCUT2D eigenvalue weighted by atomic mass is 10.3. The molecule has 1 heterocycles. The van der Waals surface area contributed by atoms with Crippen LogP contribution in [0.25, 0.3) is 11.0 Å². The molecule has 0 fully saturated rings. The molecule has 0 aliphatic rings. The van der Waals surface area contributed by atoms with E-state index >= 15 is 0 Å². The third kappa shape index (κ3) is 1.73. The lowest BCUT2D eigenvalue weighted by Gasteiger charge is -2.02. The normalized spacial score (nSPS) is 10.7. The van der Waals surface area contributed by atoms with E-state index in [1.54, 1.807) is 0 Å². The molecule has 0 aliphatic carbocycles. The zero-order valence-electron chi connectivity index (χ0n) is 8.50. The van der Waals surface area contributed by atoms with E-state index in [1.165, 1.54) is 17.9 Å². The summed E-state index contributed by atoms with van der Waals surface area (Å²) in [7, 11) is 1.50. The zero-order valence-corrected chi connectivity index (χ0v) is 8.50. The average Bonchev–Trinajstić information content (AvgIpc) is 2.62. The van der Waals surface area contributed by atoms with Crippen molar-refractivity contribution in [2.45, 2.75) is 6.54 Å². The van der Waals surface area contributed by atoms with Crippen molar-refractivity contribution in [1.82, 2.24) is 14.9 Å². The molecule has 1 aromatic carbocycles. The SMILES string of the molecule is CNC(=O)Cn1cnc2cc(F)c(F)cc21. The van der Waals surface area contributed by atoms with Crippen LogP contribution in [-0.2, 0) is 11.3 Å². The Balaban J connectivity index is 2.48. The number of imidazole rings is 1. The summed E-state index contributed by atoms with van der Waals surface area (Å²) < 4.78 is 27.3. The molecular formula is C10H9F2N3O. The van der Waals surface area contributed by atoms with Crippen molar-refractivity contribution in [3.63, 3.8) is 0 Å². The van der Waals surface area contributed by atoms with Gasteiger partial charge in [-0.25, -0.2) is 13.8 Å². The van der Waals surface area contributed by atoms with Crippen LogP contribution >= 0.6 is 0 Å². The molecule has 1 amide bonds. The Bertz CT molecular complexity index is 550. The molecule has 4 nitrogen and oxygen atoms in total. The van der Waals surface area contributed by atoms with Gasteiger partial charge in [0.2, 0.25) is 5.91 Å². The van der Waals surface area contributed by atoms with Gasteiger partial charge in [-0.2, -0.15) is 0 Å². The first-order chi connectivity index (χ1) is 7.61. The van der Waals surface area contributed by atoms with Crippen LogP contribution in [0.2, 0.25) is 0 Å². The lowest BCUT2D eigenvalue weighted by Crippen LogP contribution is -2.23. The van der Waals surface area contributed by atoms with Gasteiger partial charge in [0.25, 0.3) is 0 Å². The Kier molecular flexibility index (Phi) is 2.55. The number of aromatic nitrogens is 2. The molecule has 2 aromatic rings. The number of carbonyl (C=O) groups is 1. The number of amides is 1. The van der Waals surface area contributed by atoms with Crippen LogP contribution in [0.4, 0.5) is 8.78 Å². The first kappa shape index (κ1) is 10.5. The van der Waals surface area contributed by atoms with Crippen molar-refractivity contribution in [3.8, 4) is 0 Å². The monoisotopic (exact) mass is 225 g/mol. The minimum atomic E-state index is -0.953. The predicted octanol–water partition coefficient (Wildman–Crippen LogP) is 1.06. The van der Waals surface area contributed by atoms with Gasteiger partial charge < -0.3 is 9.88 Å². The van der Waals surface area contributed by atoms with E-state index in [0.29, 0.717) is 11.0 Å². The maximum atomic E-state index is 13.0. The van der Waals surface area contributed by atoms with E-state index in [1.807, 2.05) is 0 Å². The molecule has 0 spiro atoms. The van der Waals surface area contributed by atoms with Crippen LogP contribution in [0.1, 0.15) is 0 Å². The van der Waals surface area contributed by atoms with Gasteiger partial charge in [0, 0.05) is 19.2 Å². The molecule has 16 heavy (non-hydrogen) atoms. The molecule has 84 valence electrons. The number of hydrogen-bond donors (Lipinski definition) is 1. The Morgan fingerprint density at radius 3 is 2.81 bits per heavy atom. The minimum Gasteiger partial charge on any atom is -0.358 e. The smallest absolute Gasteiger partial charge is 0.239 e. The zero-order chi connectivity index (χ0) is 11.7. The van der Waals surface area contributed by atoms with E-state index in [2.05, 4.69) is 10.3 Å². The van der Waals surface area contributed by atoms with E-state index in [4.69, 9.17) is 0 Å². The summed E-state index contributed by atoms with van der Waals surface area (Å²) in [5.74, 6) is -2.13. The second kappa shape index (κ2) is 3.88. The molecule has 0 bridgehead atoms. The first-order valence-corrected chi connectivity index (χ1v) is 4.62. The first-order valence-electron chi connectivity index (χ1n) is 4.62. The predicted molar refractivity (Wildman–Crippen MR) is 53.7 cm³/mol. The van der Waals surface area contributed by atoms with Gasteiger partial charge in [-0.15, -0.1) is 0 Å². The highest BCUT2D eigenvalue weighted by Gasteiger charge is 2.10. The summed E-state index contributed by atoms with van der Waals surface area (Å²) in [6.45, 7) is 0.0259. The standard InChI is InChI=1S/C10H9F2N3O/c1-13-10(16)4-15-5-14-8-2-6(11)7(12)3-9(8)15/h2-3,5H,4H2,1H3,(H,13,16). The lowest BCUT2D eigenvalue weighted by molar-refractivity contribution is -0.121. The highest BCUT2D eigenvalue weighted by atomic mass is 19.2. The van der Waals surface area contributed by atoms with Gasteiger partial charge in [0.15, 0.2) is 11.6 Å². The number of halogens is 2. The van der Waals surface area contributed by atoms with Gasteiger partial charge in [0.1, 0.15) is 6.54 Å². The number of benzene rings is 1. The molecule has 6 heteroatoms. The fourth-order valence-corrected chi connectivity index (χ4v) is 1.41. The Hall–Kier alpha value is -1.98. The third-order valence-corrected chi connectivity index (χ3v) is 2.26. The summed E-state index contributed by atoms with van der Waals surface area (Å²) in [6.07, 6.45) is 1.37. The van der Waals surface area contributed by atoms with Crippen LogP contribution < -0.4 is 5.32 Å². The van der Waals surface area contributed by atoms with Crippen LogP contribution in [-0.4, -0.2) is 22.5 Å². The van der Waals surface area contributed by atoms with Crippen LogP contribution in [0, 0.1) is 11.6 Å². The van der Waals surface area contributed by atoms with Gasteiger partial charge >= 0.3 is 0 Å². The largest absolute Gasteiger partial charge is 0.358 e. The van der Waals surface area contributed by atoms with E-state index in [-0.39, 0.29) is 12.5 Å². The fourth-order valence-electron chi connectivity index (χ4n) is 1.41. The molecule has 0 unspecified atom stereocenters. The number of nitrogens with one attached hydrogen (secondary N) is 1. The molecule has 1 aromatic heterocycles. The van der Waals surface area contributed by atoms with Gasteiger partial charge in [-0.1, -0.05) is 0 Å². The Morgan fingerprint density at radius 2 is 2.12 bits per heavy atom. The molecule has 1 N–H and O–H groups in total. The van der Waals surface area contributed by atoms with Crippen molar-refractivity contribution in [2.24, 2.45) is 0 Å². The molecule has 0 atom stereocenters. The number of hydrogen-bond acceptors (Lipinski definition) is 2. The quantitative estimate of drug-likeness (QED) is 0.830. The fraction of sp³-hybridized carbons (Fsp3) is 0.200. The Labute approximate surface area is 89.9 Å².